The van der Waals surface area contributed by atoms with Crippen LogP contribution in [0.2, 0.25) is 0 Å². The van der Waals surface area contributed by atoms with Crippen molar-refractivity contribution >= 4 is 26.1 Å². The molecule has 0 aliphatic heterocycles. The van der Waals surface area contributed by atoms with Gasteiger partial charge < -0.3 is 0 Å². The van der Waals surface area contributed by atoms with Gasteiger partial charge in [-0.1, -0.05) is 0 Å². The van der Waals surface area contributed by atoms with E-state index in [4.69, 9.17) is 0 Å². The van der Waals surface area contributed by atoms with Crippen LogP contribution in [0.4, 0.5) is 0 Å². The molecule has 7 heavy (non-hydrogen) atoms. The summed E-state index contributed by atoms with van der Waals surface area (Å²) in [6.07, 6.45) is 3.46. The van der Waals surface area contributed by atoms with Crippen LogP contribution in [0.3, 0.4) is 0 Å². The monoisotopic (exact) mass is 199 g/mol. The summed E-state index contributed by atoms with van der Waals surface area (Å²) in [5.41, 5.74) is 0. The minimum absolute atomic E-state index is 1.24. The molecule has 1 heterocycles. The molecule has 0 aromatic carbocycles. The molecule has 0 spiro atoms. The van der Waals surface area contributed by atoms with Crippen LogP contribution in [0.25, 0.3) is 0 Å². The summed E-state index contributed by atoms with van der Waals surface area (Å²) in [5.74, 6) is 0. The summed E-state index contributed by atoms with van der Waals surface area (Å²) in [5, 5.41) is 7.27. The number of hydrogen-bond acceptors (Lipinski definition) is 2. The quantitative estimate of drug-likeness (QED) is 0.513. The molecule has 1 aromatic heterocycles. The van der Waals surface area contributed by atoms with E-state index in [1.807, 2.05) is 6.07 Å². The second kappa shape index (κ2) is 2.25. The van der Waals surface area contributed by atoms with Crippen molar-refractivity contribution in [3.05, 3.63) is 18.5 Å². The van der Waals surface area contributed by atoms with Crippen molar-refractivity contribution in [2.24, 2.45) is 0 Å². The standard InChI is InChI=1S/C4H3N2.Sn/c1-2-4-6-5-3-1;/h1,3-4H;. The number of hydrogen-bond donors (Lipinski definition) is 0. The average Bonchev–Trinajstić information content (AvgIpc) is 1.69. The van der Waals surface area contributed by atoms with Crippen molar-refractivity contribution in [1.82, 2.24) is 10.2 Å². The molecule has 1 rings (SSSR count). The zero-order valence-corrected chi connectivity index (χ0v) is 6.48. The first kappa shape index (κ1) is 5.02. The maximum absolute atomic E-state index is 3.66. The summed E-state index contributed by atoms with van der Waals surface area (Å²) in [7, 11) is 0. The number of nitrogens with zero attached hydrogens (tertiary/aromatic N) is 2. The van der Waals surface area contributed by atoms with Crippen LogP contribution in [0, 0.1) is 0 Å². The van der Waals surface area contributed by atoms with Crippen molar-refractivity contribution in [3.8, 4) is 0 Å². The van der Waals surface area contributed by atoms with E-state index in [9.17, 15) is 0 Å². The fraction of sp³-hybridized carbons (Fsp3) is 0. The van der Waals surface area contributed by atoms with Gasteiger partial charge in [0.25, 0.3) is 0 Å². The van der Waals surface area contributed by atoms with E-state index in [1.54, 1.807) is 12.4 Å². The molecule has 0 bridgehead atoms. The Kier molecular flexibility index (Phi) is 1.62. The van der Waals surface area contributed by atoms with Crippen LogP contribution in [0.1, 0.15) is 0 Å². The van der Waals surface area contributed by atoms with E-state index in [1.165, 1.54) is 26.1 Å². The van der Waals surface area contributed by atoms with Crippen molar-refractivity contribution in [3.63, 3.8) is 0 Å². The topological polar surface area (TPSA) is 25.8 Å². The van der Waals surface area contributed by atoms with Crippen molar-refractivity contribution in [2.75, 3.05) is 0 Å². The van der Waals surface area contributed by atoms with Gasteiger partial charge in [-0.3, -0.25) is 0 Å². The van der Waals surface area contributed by atoms with E-state index in [0.717, 1.165) is 0 Å². The first-order valence-electron chi connectivity index (χ1n) is 1.88. The summed E-state index contributed by atoms with van der Waals surface area (Å²) < 4.78 is 1.24. The number of aromatic nitrogens is 2. The van der Waals surface area contributed by atoms with Crippen LogP contribution in [0.15, 0.2) is 18.5 Å². The van der Waals surface area contributed by atoms with Crippen LogP contribution in [-0.2, 0) is 0 Å². The molecule has 0 aliphatic rings. The van der Waals surface area contributed by atoms with E-state index < -0.39 is 0 Å². The van der Waals surface area contributed by atoms with E-state index in [2.05, 4.69) is 10.2 Å². The summed E-state index contributed by atoms with van der Waals surface area (Å²) >= 11 is 1.39. The van der Waals surface area contributed by atoms with E-state index >= 15 is 0 Å². The maximum atomic E-state index is 3.66. The van der Waals surface area contributed by atoms with Gasteiger partial charge in [-0.2, -0.15) is 0 Å². The van der Waals surface area contributed by atoms with Crippen LogP contribution in [0.5, 0.6) is 0 Å². The van der Waals surface area contributed by atoms with Crippen LogP contribution < -0.4 is 3.58 Å². The Bertz CT molecular complexity index is 140. The van der Waals surface area contributed by atoms with Crippen LogP contribution in [-0.4, -0.2) is 32.7 Å². The average molecular weight is 198 g/mol. The predicted octanol–water partition coefficient (Wildman–Crippen LogP) is -0.730. The molecule has 0 N–H and O–H groups in total. The third-order valence-electron chi connectivity index (χ3n) is 0.584. The molecular formula is C4H3N2Sn. The first-order valence-corrected chi connectivity index (χ1v) is 3.30. The fourth-order valence-electron chi connectivity index (χ4n) is 0.291. The first-order chi connectivity index (χ1) is 3.39. The molecule has 3 heteroatoms. The molecule has 0 amide bonds. The Morgan fingerprint density at radius 3 is 2.57 bits per heavy atom. The van der Waals surface area contributed by atoms with Crippen molar-refractivity contribution in [1.29, 1.82) is 0 Å². The SMILES string of the molecule is [Sn][c]1ccnnc1. The molecule has 3 radical (unpaired) electrons. The zero-order valence-electron chi connectivity index (χ0n) is 3.63. The fourth-order valence-corrected chi connectivity index (χ4v) is 0.668. The Labute approximate surface area is 55.0 Å². The van der Waals surface area contributed by atoms with Gasteiger partial charge in [-0.25, -0.2) is 0 Å². The normalized spacial score (nSPS) is 8.71. The van der Waals surface area contributed by atoms with E-state index in [-0.39, 0.29) is 0 Å². The zero-order chi connectivity index (χ0) is 5.11. The van der Waals surface area contributed by atoms with Crippen LogP contribution >= 0.6 is 0 Å². The van der Waals surface area contributed by atoms with Crippen molar-refractivity contribution < 1.29 is 0 Å². The molecular weight excluding hydrogens is 195 g/mol. The minimum atomic E-state index is 1.24. The van der Waals surface area contributed by atoms with Gasteiger partial charge in [0.05, 0.1) is 0 Å². The summed E-state index contributed by atoms with van der Waals surface area (Å²) in [4.78, 5) is 0. The second-order valence-electron chi connectivity index (χ2n) is 1.13. The molecule has 0 aliphatic carbocycles. The number of rotatable bonds is 0. The molecule has 33 valence electrons. The Morgan fingerprint density at radius 2 is 2.29 bits per heavy atom. The molecule has 0 saturated heterocycles. The summed E-state index contributed by atoms with van der Waals surface area (Å²) in [6.45, 7) is 0. The van der Waals surface area contributed by atoms with E-state index in [0.29, 0.717) is 0 Å². The molecule has 1 aromatic rings. The van der Waals surface area contributed by atoms with Gasteiger partial charge in [0, 0.05) is 0 Å². The Hall–Kier alpha value is -0.121. The van der Waals surface area contributed by atoms with Gasteiger partial charge in [-0.15, -0.1) is 0 Å². The van der Waals surface area contributed by atoms with Crippen molar-refractivity contribution in [2.45, 2.75) is 0 Å². The molecule has 2 nitrogen and oxygen atoms in total. The Morgan fingerprint density at radius 1 is 1.43 bits per heavy atom. The molecule has 0 atom stereocenters. The Balaban J connectivity index is 3.02. The third kappa shape index (κ3) is 1.42. The van der Waals surface area contributed by atoms with Gasteiger partial charge in [0.1, 0.15) is 0 Å². The molecule has 0 unspecified atom stereocenters. The van der Waals surface area contributed by atoms with Gasteiger partial charge >= 0.3 is 54.8 Å². The second-order valence-corrected chi connectivity index (χ2v) is 2.78. The molecule has 0 saturated carbocycles. The summed E-state index contributed by atoms with van der Waals surface area (Å²) in [6, 6.07) is 1.95. The van der Waals surface area contributed by atoms with Gasteiger partial charge in [0.15, 0.2) is 0 Å². The molecule has 0 fully saturated rings. The van der Waals surface area contributed by atoms with Gasteiger partial charge in [-0.05, 0) is 0 Å². The van der Waals surface area contributed by atoms with Gasteiger partial charge in [0.2, 0.25) is 0 Å². The predicted molar refractivity (Wildman–Crippen MR) is 27.4 cm³/mol. The third-order valence-corrected chi connectivity index (χ3v) is 1.43.